The molecule has 0 saturated heterocycles. The number of hydrogen-bond acceptors (Lipinski definition) is 3. The zero-order valence-corrected chi connectivity index (χ0v) is 11.6. The molecule has 1 atom stereocenters. The Hall–Kier alpha value is -1.55. The van der Waals surface area contributed by atoms with Gasteiger partial charge >= 0.3 is 0 Å². The fourth-order valence-electron chi connectivity index (χ4n) is 2.80. The van der Waals surface area contributed by atoms with E-state index in [-0.39, 0.29) is 5.91 Å². The van der Waals surface area contributed by atoms with Crippen molar-refractivity contribution in [1.29, 1.82) is 0 Å². The topological polar surface area (TPSA) is 66.6 Å². The van der Waals surface area contributed by atoms with Crippen LogP contribution in [0.2, 0.25) is 0 Å². The van der Waals surface area contributed by atoms with Crippen LogP contribution in [-0.2, 0) is 5.72 Å². The monoisotopic (exact) mass is 262 g/mol. The number of benzene rings is 1. The highest BCUT2D eigenvalue weighted by Crippen LogP contribution is 2.42. The number of amides is 1. The van der Waals surface area contributed by atoms with Gasteiger partial charge in [0.15, 0.2) is 5.72 Å². The minimum Gasteiger partial charge on any atom is -0.398 e. The molecule has 0 radical (unpaired) electrons. The van der Waals surface area contributed by atoms with Crippen LogP contribution >= 0.6 is 0 Å². The van der Waals surface area contributed by atoms with Crippen LogP contribution in [-0.4, -0.2) is 23.0 Å². The Morgan fingerprint density at radius 1 is 1.32 bits per heavy atom. The van der Waals surface area contributed by atoms with Crippen LogP contribution in [0.4, 0.5) is 5.69 Å². The molecule has 2 rings (SSSR count). The number of fused-ring (bicyclic) bond motifs is 1. The first kappa shape index (κ1) is 13.9. The number of rotatable bonds is 5. The van der Waals surface area contributed by atoms with Gasteiger partial charge in [0, 0.05) is 23.9 Å². The van der Waals surface area contributed by atoms with Crippen molar-refractivity contribution in [3.63, 3.8) is 0 Å². The molecule has 1 aliphatic rings. The second-order valence-corrected chi connectivity index (χ2v) is 5.26. The first-order chi connectivity index (χ1) is 9.02. The predicted octanol–water partition coefficient (Wildman–Crippen LogP) is 2.47. The number of aliphatic hydroxyl groups is 1. The Balaban J connectivity index is 2.28. The summed E-state index contributed by atoms with van der Waals surface area (Å²) in [6.07, 6.45) is 4.77. The highest BCUT2D eigenvalue weighted by molar-refractivity contribution is 6.01. The largest absolute Gasteiger partial charge is 0.398 e. The molecule has 0 bridgehead atoms. The standard InChI is InChI=1S/C15H22N2O2/c1-3-4-5-6-10-15(19)13-11(14(18)17(15)2)8-7-9-12(13)16/h7-9,19H,3-6,10,16H2,1-2H3. The van der Waals surface area contributed by atoms with Crippen molar-refractivity contribution in [2.75, 3.05) is 12.8 Å². The van der Waals surface area contributed by atoms with Gasteiger partial charge < -0.3 is 15.7 Å². The molecule has 4 heteroatoms. The molecular weight excluding hydrogens is 240 g/mol. The van der Waals surface area contributed by atoms with Crippen molar-refractivity contribution in [2.45, 2.75) is 44.8 Å². The van der Waals surface area contributed by atoms with E-state index in [1.807, 2.05) is 0 Å². The number of nitrogen functional groups attached to an aromatic ring is 1. The molecule has 0 spiro atoms. The number of hydrogen-bond donors (Lipinski definition) is 2. The van der Waals surface area contributed by atoms with Gasteiger partial charge in [-0.1, -0.05) is 32.3 Å². The van der Waals surface area contributed by atoms with Crippen molar-refractivity contribution in [3.8, 4) is 0 Å². The lowest BCUT2D eigenvalue weighted by molar-refractivity contribution is -0.0794. The lowest BCUT2D eigenvalue weighted by atomic mass is 9.94. The third kappa shape index (κ3) is 2.21. The number of nitrogens with two attached hydrogens (primary N) is 1. The lowest BCUT2D eigenvalue weighted by Crippen LogP contribution is -2.41. The molecule has 0 aliphatic carbocycles. The summed E-state index contributed by atoms with van der Waals surface area (Å²) < 4.78 is 0. The van der Waals surface area contributed by atoms with Crippen LogP contribution in [0, 0.1) is 0 Å². The fourth-order valence-corrected chi connectivity index (χ4v) is 2.80. The Bertz CT molecular complexity index is 487. The predicted molar refractivity (Wildman–Crippen MR) is 75.6 cm³/mol. The van der Waals surface area contributed by atoms with Gasteiger partial charge in [0.05, 0.1) is 0 Å². The Morgan fingerprint density at radius 3 is 2.74 bits per heavy atom. The molecule has 0 aromatic heterocycles. The number of carbonyl (C=O) groups excluding carboxylic acids is 1. The molecule has 0 saturated carbocycles. The van der Waals surface area contributed by atoms with E-state index < -0.39 is 5.72 Å². The fraction of sp³-hybridized carbons (Fsp3) is 0.533. The van der Waals surface area contributed by atoms with Crippen LogP contribution in [0.15, 0.2) is 18.2 Å². The van der Waals surface area contributed by atoms with Crippen molar-refractivity contribution in [3.05, 3.63) is 29.3 Å². The van der Waals surface area contributed by atoms with E-state index in [1.54, 1.807) is 25.2 Å². The summed E-state index contributed by atoms with van der Waals surface area (Å²) in [5.74, 6) is -0.153. The molecule has 4 nitrogen and oxygen atoms in total. The number of carbonyl (C=O) groups is 1. The quantitative estimate of drug-likeness (QED) is 0.633. The molecule has 1 unspecified atom stereocenters. The average Bonchev–Trinajstić information content (AvgIpc) is 2.59. The number of nitrogens with zero attached hydrogens (tertiary/aromatic N) is 1. The van der Waals surface area contributed by atoms with E-state index in [0.29, 0.717) is 23.2 Å². The van der Waals surface area contributed by atoms with Gasteiger partial charge in [-0.2, -0.15) is 0 Å². The summed E-state index contributed by atoms with van der Waals surface area (Å²) in [5.41, 5.74) is 6.32. The minimum atomic E-state index is -1.24. The maximum atomic E-state index is 12.2. The third-order valence-corrected chi connectivity index (χ3v) is 3.97. The zero-order chi connectivity index (χ0) is 14.0. The lowest BCUT2D eigenvalue weighted by Gasteiger charge is -2.32. The first-order valence-corrected chi connectivity index (χ1v) is 6.92. The van der Waals surface area contributed by atoms with Gasteiger partial charge in [0.1, 0.15) is 0 Å². The van der Waals surface area contributed by atoms with Crippen molar-refractivity contribution < 1.29 is 9.90 Å². The van der Waals surface area contributed by atoms with Gasteiger partial charge in [-0.25, -0.2) is 0 Å². The minimum absolute atomic E-state index is 0.153. The highest BCUT2D eigenvalue weighted by Gasteiger charge is 2.47. The van der Waals surface area contributed by atoms with Crippen LogP contribution in [0.3, 0.4) is 0 Å². The summed E-state index contributed by atoms with van der Waals surface area (Å²) in [7, 11) is 1.64. The van der Waals surface area contributed by atoms with Crippen LogP contribution in [0.5, 0.6) is 0 Å². The maximum absolute atomic E-state index is 12.2. The molecule has 0 fully saturated rings. The molecule has 1 heterocycles. The van der Waals surface area contributed by atoms with E-state index in [4.69, 9.17) is 5.73 Å². The molecule has 1 aromatic carbocycles. The average molecular weight is 262 g/mol. The summed E-state index contributed by atoms with van der Waals surface area (Å²) in [6, 6.07) is 5.22. The van der Waals surface area contributed by atoms with Crippen LogP contribution < -0.4 is 5.73 Å². The second-order valence-electron chi connectivity index (χ2n) is 5.26. The number of anilines is 1. The molecule has 3 N–H and O–H groups in total. The molecule has 104 valence electrons. The molecule has 1 aliphatic heterocycles. The van der Waals surface area contributed by atoms with Gasteiger partial charge in [-0.05, 0) is 25.0 Å². The summed E-state index contributed by atoms with van der Waals surface area (Å²) in [5, 5.41) is 10.9. The number of unbranched alkanes of at least 4 members (excludes halogenated alkanes) is 3. The zero-order valence-electron chi connectivity index (χ0n) is 11.6. The third-order valence-electron chi connectivity index (χ3n) is 3.97. The van der Waals surface area contributed by atoms with E-state index >= 15 is 0 Å². The molecule has 1 aromatic rings. The second kappa shape index (κ2) is 5.21. The first-order valence-electron chi connectivity index (χ1n) is 6.92. The van der Waals surface area contributed by atoms with Gasteiger partial charge in [-0.3, -0.25) is 4.79 Å². The van der Waals surface area contributed by atoms with Crippen molar-refractivity contribution in [2.24, 2.45) is 0 Å². The summed E-state index contributed by atoms with van der Waals surface area (Å²) in [6.45, 7) is 2.15. The molecular formula is C15H22N2O2. The van der Waals surface area contributed by atoms with E-state index in [9.17, 15) is 9.90 Å². The van der Waals surface area contributed by atoms with Gasteiger partial charge in [-0.15, -0.1) is 0 Å². The highest BCUT2D eigenvalue weighted by atomic mass is 16.3. The molecule has 1 amide bonds. The smallest absolute Gasteiger partial charge is 0.256 e. The normalized spacial score (nSPS) is 21.8. The van der Waals surface area contributed by atoms with Crippen LogP contribution in [0.25, 0.3) is 0 Å². The van der Waals surface area contributed by atoms with Gasteiger partial charge in [0.2, 0.25) is 0 Å². The molecule has 19 heavy (non-hydrogen) atoms. The van der Waals surface area contributed by atoms with E-state index in [0.717, 1.165) is 25.7 Å². The van der Waals surface area contributed by atoms with E-state index in [1.165, 1.54) is 4.90 Å². The maximum Gasteiger partial charge on any atom is 0.256 e. The van der Waals surface area contributed by atoms with Crippen molar-refractivity contribution >= 4 is 11.6 Å². The SMILES string of the molecule is CCCCCCC1(O)c2c(N)cccc2C(=O)N1C. The summed E-state index contributed by atoms with van der Waals surface area (Å²) in [4.78, 5) is 13.6. The Kier molecular flexibility index (Phi) is 3.80. The Morgan fingerprint density at radius 2 is 2.05 bits per heavy atom. The van der Waals surface area contributed by atoms with Crippen LogP contribution in [0.1, 0.15) is 54.9 Å². The van der Waals surface area contributed by atoms with E-state index in [2.05, 4.69) is 6.92 Å². The van der Waals surface area contributed by atoms with Crippen molar-refractivity contribution in [1.82, 2.24) is 4.90 Å². The Labute approximate surface area is 114 Å². The summed E-state index contributed by atoms with van der Waals surface area (Å²) >= 11 is 0. The van der Waals surface area contributed by atoms with Gasteiger partial charge in [0.25, 0.3) is 5.91 Å².